The Labute approximate surface area is 139 Å². The minimum Gasteiger partial charge on any atom is -0.342 e. The Morgan fingerprint density at radius 1 is 1.26 bits per heavy atom. The van der Waals surface area contributed by atoms with E-state index in [4.69, 9.17) is 0 Å². The van der Waals surface area contributed by atoms with E-state index in [1.807, 2.05) is 30.9 Å². The number of hydrogen-bond acceptors (Lipinski definition) is 2. The van der Waals surface area contributed by atoms with Gasteiger partial charge in [-0.05, 0) is 69.7 Å². The first-order valence-corrected chi connectivity index (χ1v) is 8.87. The van der Waals surface area contributed by atoms with Crippen molar-refractivity contribution in [2.45, 2.75) is 39.5 Å². The van der Waals surface area contributed by atoms with E-state index in [-0.39, 0.29) is 11.7 Å². The van der Waals surface area contributed by atoms with Crippen molar-refractivity contribution in [3.8, 4) is 0 Å². The van der Waals surface area contributed by atoms with Gasteiger partial charge in [0.25, 0.3) is 0 Å². The number of carbonyl (C=O) groups is 1. The van der Waals surface area contributed by atoms with Gasteiger partial charge in [0.15, 0.2) is 0 Å². The summed E-state index contributed by atoms with van der Waals surface area (Å²) in [5.41, 5.74) is 1.20. The van der Waals surface area contributed by atoms with Crippen LogP contribution in [0.2, 0.25) is 0 Å². The lowest BCUT2D eigenvalue weighted by Gasteiger charge is -2.33. The van der Waals surface area contributed by atoms with Crippen LogP contribution < -0.4 is 0 Å². The van der Waals surface area contributed by atoms with E-state index in [1.54, 1.807) is 0 Å². The maximum atomic E-state index is 12.9. The number of benzene rings is 1. The van der Waals surface area contributed by atoms with Gasteiger partial charge in [0, 0.05) is 19.6 Å². The third kappa shape index (κ3) is 5.61. The predicted molar refractivity (Wildman–Crippen MR) is 91.8 cm³/mol. The van der Waals surface area contributed by atoms with Crippen molar-refractivity contribution >= 4 is 5.91 Å². The smallest absolute Gasteiger partial charge is 0.236 e. The predicted octanol–water partition coefficient (Wildman–Crippen LogP) is 3.34. The maximum Gasteiger partial charge on any atom is 0.236 e. The van der Waals surface area contributed by atoms with Crippen molar-refractivity contribution < 1.29 is 9.18 Å². The lowest BCUT2D eigenvalue weighted by Crippen LogP contribution is -2.44. The summed E-state index contributed by atoms with van der Waals surface area (Å²) in [6.45, 7) is 8.23. The monoisotopic (exact) mass is 320 g/mol. The minimum absolute atomic E-state index is 0.174. The normalized spacial score (nSPS) is 18.8. The summed E-state index contributed by atoms with van der Waals surface area (Å²) in [5, 5.41) is 0. The van der Waals surface area contributed by atoms with Crippen LogP contribution >= 0.6 is 0 Å². The average Bonchev–Trinajstić information content (AvgIpc) is 2.56. The van der Waals surface area contributed by atoms with Gasteiger partial charge < -0.3 is 4.90 Å². The summed E-state index contributed by atoms with van der Waals surface area (Å²) in [6.07, 6.45) is 4.50. The van der Waals surface area contributed by atoms with Crippen LogP contribution in [-0.2, 0) is 11.2 Å². The number of amides is 1. The first-order valence-electron chi connectivity index (χ1n) is 8.87. The quantitative estimate of drug-likeness (QED) is 0.769. The van der Waals surface area contributed by atoms with Gasteiger partial charge >= 0.3 is 0 Å². The fourth-order valence-electron chi connectivity index (χ4n) is 3.42. The molecule has 3 nitrogen and oxygen atoms in total. The second-order valence-corrected chi connectivity index (χ2v) is 6.47. The molecule has 1 aromatic rings. The SMILES string of the molecule is CCN(CC)C(=O)CN1CCC[C@@H](CCc2ccc(F)cc2)C1. The molecule has 0 aromatic heterocycles. The molecule has 0 spiro atoms. The fourth-order valence-corrected chi connectivity index (χ4v) is 3.42. The lowest BCUT2D eigenvalue weighted by atomic mass is 9.91. The largest absolute Gasteiger partial charge is 0.342 e. The number of aryl methyl sites for hydroxylation is 1. The number of rotatable bonds is 7. The number of piperidine rings is 1. The van der Waals surface area contributed by atoms with Crippen LogP contribution in [0, 0.1) is 11.7 Å². The van der Waals surface area contributed by atoms with E-state index < -0.39 is 0 Å². The Morgan fingerprint density at radius 2 is 1.96 bits per heavy atom. The van der Waals surface area contributed by atoms with E-state index in [2.05, 4.69) is 4.90 Å². The van der Waals surface area contributed by atoms with Crippen LogP contribution in [-0.4, -0.2) is 48.4 Å². The molecule has 1 amide bonds. The summed E-state index contributed by atoms with van der Waals surface area (Å²) in [6, 6.07) is 6.82. The molecule has 0 N–H and O–H groups in total. The summed E-state index contributed by atoms with van der Waals surface area (Å²) in [4.78, 5) is 16.5. The van der Waals surface area contributed by atoms with Crippen molar-refractivity contribution in [3.05, 3.63) is 35.6 Å². The number of halogens is 1. The van der Waals surface area contributed by atoms with Crippen molar-refractivity contribution in [3.63, 3.8) is 0 Å². The molecule has 1 saturated heterocycles. The summed E-state index contributed by atoms with van der Waals surface area (Å²) >= 11 is 0. The highest BCUT2D eigenvalue weighted by molar-refractivity contribution is 5.78. The van der Waals surface area contributed by atoms with Crippen molar-refractivity contribution in [2.75, 3.05) is 32.7 Å². The van der Waals surface area contributed by atoms with Crippen molar-refractivity contribution in [1.82, 2.24) is 9.80 Å². The number of nitrogens with zero attached hydrogens (tertiary/aromatic N) is 2. The Bertz CT molecular complexity index is 485. The molecular weight excluding hydrogens is 291 g/mol. The Morgan fingerprint density at radius 3 is 2.61 bits per heavy atom. The molecule has 0 bridgehead atoms. The molecule has 1 aromatic carbocycles. The molecule has 0 radical (unpaired) electrons. The van der Waals surface area contributed by atoms with E-state index in [1.165, 1.54) is 30.5 Å². The standard InChI is InChI=1S/C19H29FN2O/c1-3-22(4-2)19(23)15-21-13-5-6-17(14-21)8-7-16-9-11-18(20)12-10-16/h9-12,17H,3-8,13-15H2,1-2H3/t17-/m0/s1. The molecule has 23 heavy (non-hydrogen) atoms. The molecule has 128 valence electrons. The maximum absolute atomic E-state index is 12.9. The van der Waals surface area contributed by atoms with Gasteiger partial charge in [0.05, 0.1) is 6.54 Å². The molecule has 0 unspecified atom stereocenters. The molecular formula is C19H29FN2O. The highest BCUT2D eigenvalue weighted by Crippen LogP contribution is 2.21. The third-order valence-electron chi connectivity index (χ3n) is 4.83. The molecule has 1 aliphatic heterocycles. The van der Waals surface area contributed by atoms with Crippen LogP contribution in [0.5, 0.6) is 0 Å². The fraction of sp³-hybridized carbons (Fsp3) is 0.632. The summed E-state index contributed by atoms with van der Waals surface area (Å²) < 4.78 is 12.9. The number of hydrogen-bond donors (Lipinski definition) is 0. The first kappa shape index (κ1) is 17.9. The topological polar surface area (TPSA) is 23.6 Å². The zero-order valence-electron chi connectivity index (χ0n) is 14.4. The third-order valence-corrected chi connectivity index (χ3v) is 4.83. The van der Waals surface area contributed by atoms with Crippen LogP contribution in [0.1, 0.15) is 38.7 Å². The van der Waals surface area contributed by atoms with Gasteiger partial charge in [0.2, 0.25) is 5.91 Å². The zero-order chi connectivity index (χ0) is 16.7. The highest BCUT2D eigenvalue weighted by Gasteiger charge is 2.22. The van der Waals surface area contributed by atoms with E-state index >= 15 is 0 Å². The van der Waals surface area contributed by atoms with E-state index in [9.17, 15) is 9.18 Å². The van der Waals surface area contributed by atoms with Gasteiger partial charge in [0.1, 0.15) is 5.82 Å². The van der Waals surface area contributed by atoms with Crippen LogP contribution in [0.4, 0.5) is 4.39 Å². The minimum atomic E-state index is -0.174. The number of likely N-dealkylation sites (tertiary alicyclic amines) is 1. The Kier molecular flexibility index (Phi) is 7.03. The van der Waals surface area contributed by atoms with E-state index in [0.29, 0.717) is 12.5 Å². The second-order valence-electron chi connectivity index (χ2n) is 6.47. The van der Waals surface area contributed by atoms with Crippen molar-refractivity contribution in [1.29, 1.82) is 0 Å². The summed E-state index contributed by atoms with van der Waals surface area (Å²) in [5.74, 6) is 0.708. The molecule has 1 fully saturated rings. The average molecular weight is 320 g/mol. The van der Waals surface area contributed by atoms with Gasteiger partial charge in [-0.3, -0.25) is 9.69 Å². The van der Waals surface area contributed by atoms with Gasteiger partial charge in [-0.25, -0.2) is 4.39 Å². The highest BCUT2D eigenvalue weighted by atomic mass is 19.1. The van der Waals surface area contributed by atoms with Gasteiger partial charge in [-0.1, -0.05) is 12.1 Å². The molecule has 1 atom stereocenters. The Balaban J connectivity index is 1.78. The molecule has 0 aliphatic carbocycles. The molecule has 0 saturated carbocycles. The van der Waals surface area contributed by atoms with E-state index in [0.717, 1.165) is 39.0 Å². The molecule has 4 heteroatoms. The Hall–Kier alpha value is -1.42. The molecule has 2 rings (SSSR count). The van der Waals surface area contributed by atoms with Crippen LogP contribution in [0.25, 0.3) is 0 Å². The van der Waals surface area contributed by atoms with Gasteiger partial charge in [-0.2, -0.15) is 0 Å². The first-order chi connectivity index (χ1) is 11.1. The molecule has 1 aliphatic rings. The lowest BCUT2D eigenvalue weighted by molar-refractivity contribution is -0.132. The summed E-state index contributed by atoms with van der Waals surface area (Å²) in [7, 11) is 0. The van der Waals surface area contributed by atoms with Gasteiger partial charge in [-0.15, -0.1) is 0 Å². The number of carbonyl (C=O) groups excluding carboxylic acids is 1. The van der Waals surface area contributed by atoms with Crippen molar-refractivity contribution in [2.24, 2.45) is 5.92 Å². The van der Waals surface area contributed by atoms with Crippen LogP contribution in [0.15, 0.2) is 24.3 Å². The second kappa shape index (κ2) is 9.02. The zero-order valence-corrected chi connectivity index (χ0v) is 14.4. The molecule has 1 heterocycles. The van der Waals surface area contributed by atoms with Crippen LogP contribution in [0.3, 0.4) is 0 Å². The number of likely N-dealkylation sites (N-methyl/N-ethyl adjacent to an activating group) is 1.